The van der Waals surface area contributed by atoms with Gasteiger partial charge in [0, 0.05) is 35.4 Å². The molecule has 1 aromatic heterocycles. The molecule has 3 rings (SSSR count). The van der Waals surface area contributed by atoms with E-state index in [1.165, 1.54) is 24.3 Å². The zero-order chi connectivity index (χ0) is 14.1. The van der Waals surface area contributed by atoms with E-state index in [4.69, 9.17) is 0 Å². The van der Waals surface area contributed by atoms with Crippen molar-refractivity contribution in [2.24, 2.45) is 0 Å². The van der Waals surface area contributed by atoms with Gasteiger partial charge in [-0.3, -0.25) is 20.0 Å². The monoisotopic (exact) mass is 272 g/mol. The fourth-order valence-corrected chi connectivity index (χ4v) is 1.93. The molecule has 1 heterocycles. The number of anilines is 1. The summed E-state index contributed by atoms with van der Waals surface area (Å²) in [7, 11) is 0. The van der Waals surface area contributed by atoms with E-state index < -0.39 is 4.92 Å². The van der Waals surface area contributed by atoms with Crippen molar-refractivity contribution in [1.29, 1.82) is 0 Å². The number of nitro benzene ring substituents is 1. The predicted octanol–water partition coefficient (Wildman–Crippen LogP) is 2.45. The summed E-state index contributed by atoms with van der Waals surface area (Å²) < 4.78 is 0. The van der Waals surface area contributed by atoms with Gasteiger partial charge in [-0.25, -0.2) is 0 Å². The van der Waals surface area contributed by atoms with Crippen LogP contribution >= 0.6 is 0 Å². The molecule has 1 amide bonds. The number of nitro groups is 1. The Hall–Kier alpha value is -2.70. The van der Waals surface area contributed by atoms with E-state index in [0.29, 0.717) is 17.3 Å². The van der Waals surface area contributed by atoms with E-state index >= 15 is 0 Å². The van der Waals surface area contributed by atoms with Crippen LogP contribution in [0.2, 0.25) is 0 Å². The number of non-ortho nitro benzene ring substituents is 1. The molecule has 0 atom stereocenters. The van der Waals surface area contributed by atoms with Crippen molar-refractivity contribution in [1.82, 2.24) is 10.2 Å². The average molecular weight is 272 g/mol. The fourth-order valence-electron chi connectivity index (χ4n) is 1.93. The van der Waals surface area contributed by atoms with Gasteiger partial charge in [-0.15, -0.1) is 0 Å². The number of carbonyl (C=O) groups is 1. The minimum atomic E-state index is -0.503. The lowest BCUT2D eigenvalue weighted by atomic mass is 10.2. The molecule has 2 aromatic rings. The van der Waals surface area contributed by atoms with Crippen molar-refractivity contribution >= 4 is 17.4 Å². The van der Waals surface area contributed by atoms with Gasteiger partial charge in [0.2, 0.25) is 0 Å². The largest absolute Gasteiger partial charge is 0.305 e. The highest BCUT2D eigenvalue weighted by Gasteiger charge is 2.25. The summed E-state index contributed by atoms with van der Waals surface area (Å²) in [6, 6.07) is 7.26. The van der Waals surface area contributed by atoms with Crippen molar-refractivity contribution < 1.29 is 9.72 Å². The number of carbonyl (C=O) groups excluding carboxylic acids is 1. The molecule has 7 nitrogen and oxygen atoms in total. The Balaban J connectivity index is 1.69. The zero-order valence-corrected chi connectivity index (χ0v) is 10.5. The van der Waals surface area contributed by atoms with Crippen LogP contribution in [0.1, 0.15) is 34.8 Å². The Morgan fingerprint density at radius 1 is 1.35 bits per heavy atom. The minimum Gasteiger partial charge on any atom is -0.305 e. The van der Waals surface area contributed by atoms with Crippen LogP contribution in [0.3, 0.4) is 0 Å². The molecule has 0 saturated heterocycles. The molecule has 1 saturated carbocycles. The summed E-state index contributed by atoms with van der Waals surface area (Å²) in [6.07, 6.45) is 2.30. The molecular weight excluding hydrogens is 260 g/mol. The third kappa shape index (κ3) is 2.51. The second-order valence-corrected chi connectivity index (χ2v) is 4.74. The first-order valence-corrected chi connectivity index (χ1v) is 6.24. The van der Waals surface area contributed by atoms with Gasteiger partial charge in [0.1, 0.15) is 0 Å². The molecule has 2 N–H and O–H groups in total. The molecule has 0 aliphatic heterocycles. The van der Waals surface area contributed by atoms with Crippen molar-refractivity contribution in [3.05, 3.63) is 51.7 Å². The first-order valence-electron chi connectivity index (χ1n) is 6.24. The number of benzene rings is 1. The molecule has 0 spiro atoms. The summed E-state index contributed by atoms with van der Waals surface area (Å²) in [5, 5.41) is 20.1. The molecule has 7 heteroatoms. The van der Waals surface area contributed by atoms with Crippen molar-refractivity contribution in [2.45, 2.75) is 18.8 Å². The smallest absolute Gasteiger partial charge is 0.269 e. The van der Waals surface area contributed by atoms with E-state index in [0.717, 1.165) is 18.5 Å². The van der Waals surface area contributed by atoms with Gasteiger partial charge in [0.25, 0.3) is 11.6 Å². The van der Waals surface area contributed by atoms with Crippen LogP contribution in [-0.4, -0.2) is 21.0 Å². The minimum absolute atomic E-state index is 0.0441. The fraction of sp³-hybridized carbons (Fsp3) is 0.231. The highest BCUT2D eigenvalue weighted by molar-refractivity contribution is 6.03. The maximum atomic E-state index is 12.0. The highest BCUT2D eigenvalue weighted by atomic mass is 16.6. The molecule has 1 aliphatic rings. The number of aromatic nitrogens is 2. The molecule has 1 fully saturated rings. The van der Waals surface area contributed by atoms with E-state index in [9.17, 15) is 14.9 Å². The number of H-pyrrole nitrogens is 1. The molecule has 0 radical (unpaired) electrons. The van der Waals surface area contributed by atoms with Crippen molar-refractivity contribution in [2.75, 3.05) is 5.32 Å². The standard InChI is InChI=1S/C13H12N4O3/c18-13(9-3-5-10(6-4-9)17(19)20)14-12-7-11(15-16-12)8-1-2-8/h3-8H,1-2H2,(H2,14,15,16,18). The summed E-state index contributed by atoms with van der Waals surface area (Å²) in [4.78, 5) is 22.0. The number of hydrogen-bond acceptors (Lipinski definition) is 4. The van der Waals surface area contributed by atoms with Crippen LogP contribution in [0.25, 0.3) is 0 Å². The summed E-state index contributed by atoms with van der Waals surface area (Å²) in [5.74, 6) is 0.663. The lowest BCUT2D eigenvalue weighted by Gasteiger charge is -2.01. The normalized spacial score (nSPS) is 14.0. The Labute approximate surface area is 114 Å². The first-order chi connectivity index (χ1) is 9.63. The SMILES string of the molecule is O=C(Nc1cc(C2CC2)[nH]n1)c1ccc([N+](=O)[O-])cc1. The molecule has 0 unspecified atom stereocenters. The molecule has 102 valence electrons. The van der Waals surface area contributed by atoms with Crippen LogP contribution in [0.5, 0.6) is 0 Å². The van der Waals surface area contributed by atoms with Gasteiger partial charge in [0.05, 0.1) is 4.92 Å². The molecule has 1 aliphatic carbocycles. The van der Waals surface area contributed by atoms with Crippen LogP contribution in [0.15, 0.2) is 30.3 Å². The highest BCUT2D eigenvalue weighted by Crippen LogP contribution is 2.39. The lowest BCUT2D eigenvalue weighted by molar-refractivity contribution is -0.384. The van der Waals surface area contributed by atoms with Gasteiger partial charge in [-0.05, 0) is 25.0 Å². The average Bonchev–Trinajstić information content (AvgIpc) is 3.20. The van der Waals surface area contributed by atoms with E-state index in [2.05, 4.69) is 15.5 Å². The molecular formula is C13H12N4O3. The van der Waals surface area contributed by atoms with Crippen molar-refractivity contribution in [3.8, 4) is 0 Å². The van der Waals surface area contributed by atoms with Gasteiger partial charge < -0.3 is 5.32 Å². The Morgan fingerprint density at radius 3 is 2.65 bits per heavy atom. The number of amides is 1. The molecule has 1 aromatic carbocycles. The van der Waals surface area contributed by atoms with E-state index in [1.807, 2.05) is 6.07 Å². The number of nitrogens with zero attached hydrogens (tertiary/aromatic N) is 2. The summed E-state index contributed by atoms with van der Waals surface area (Å²) in [5.41, 5.74) is 1.34. The number of nitrogens with one attached hydrogen (secondary N) is 2. The number of hydrogen-bond donors (Lipinski definition) is 2. The van der Waals surface area contributed by atoms with Crippen LogP contribution in [0, 0.1) is 10.1 Å². The maximum absolute atomic E-state index is 12.0. The Kier molecular flexibility index (Phi) is 2.94. The zero-order valence-electron chi connectivity index (χ0n) is 10.5. The van der Waals surface area contributed by atoms with E-state index in [-0.39, 0.29) is 11.6 Å². The third-order valence-electron chi connectivity index (χ3n) is 3.20. The van der Waals surface area contributed by atoms with Crippen LogP contribution in [0.4, 0.5) is 11.5 Å². The Morgan fingerprint density at radius 2 is 2.05 bits per heavy atom. The van der Waals surface area contributed by atoms with Crippen LogP contribution in [-0.2, 0) is 0 Å². The summed E-state index contributed by atoms with van der Waals surface area (Å²) >= 11 is 0. The number of rotatable bonds is 4. The first kappa shape index (κ1) is 12.3. The Bertz CT molecular complexity index is 659. The summed E-state index contributed by atoms with van der Waals surface area (Å²) in [6.45, 7) is 0. The van der Waals surface area contributed by atoms with Gasteiger partial charge in [0.15, 0.2) is 5.82 Å². The maximum Gasteiger partial charge on any atom is 0.269 e. The molecule has 20 heavy (non-hydrogen) atoms. The quantitative estimate of drug-likeness (QED) is 0.659. The second-order valence-electron chi connectivity index (χ2n) is 4.74. The topological polar surface area (TPSA) is 101 Å². The van der Waals surface area contributed by atoms with Gasteiger partial charge >= 0.3 is 0 Å². The second kappa shape index (κ2) is 4.76. The predicted molar refractivity (Wildman–Crippen MR) is 71.6 cm³/mol. The lowest BCUT2D eigenvalue weighted by Crippen LogP contribution is -2.12. The van der Waals surface area contributed by atoms with E-state index in [1.54, 1.807) is 0 Å². The number of aromatic amines is 1. The third-order valence-corrected chi connectivity index (χ3v) is 3.20. The van der Waals surface area contributed by atoms with Crippen molar-refractivity contribution in [3.63, 3.8) is 0 Å². The molecule has 0 bridgehead atoms. The van der Waals surface area contributed by atoms with Crippen LogP contribution < -0.4 is 5.32 Å². The van der Waals surface area contributed by atoms with Gasteiger partial charge in [-0.2, -0.15) is 5.10 Å². The van der Waals surface area contributed by atoms with Gasteiger partial charge in [-0.1, -0.05) is 0 Å².